The minimum Gasteiger partial charge on any atom is -0.285 e. The molecule has 0 heterocycles. The number of hydrogen-bond acceptors (Lipinski definition) is 2. The Morgan fingerprint density at radius 1 is 0.667 bits per heavy atom. The molecule has 1 unspecified atom stereocenters. The van der Waals surface area contributed by atoms with Crippen LogP contribution in [0.1, 0.15) is 104 Å². The normalized spacial score (nSPS) is 13.5. The van der Waals surface area contributed by atoms with Crippen molar-refractivity contribution < 1.29 is 13.0 Å². The van der Waals surface area contributed by atoms with Gasteiger partial charge < -0.3 is 0 Å². The van der Waals surface area contributed by atoms with E-state index < -0.39 is 15.4 Å². The van der Waals surface area contributed by atoms with Gasteiger partial charge in [-0.15, -0.1) is 0 Å². The minimum atomic E-state index is -3.86. The summed E-state index contributed by atoms with van der Waals surface area (Å²) in [7, 11) is -3.86. The number of rotatable bonds is 15. The molecule has 0 bridgehead atoms. The average molecular weight is 321 g/mol. The second kappa shape index (κ2) is 13.6. The summed E-state index contributed by atoms with van der Waals surface area (Å²) >= 11 is 0. The van der Waals surface area contributed by atoms with Crippen LogP contribution < -0.4 is 0 Å². The van der Waals surface area contributed by atoms with Crippen molar-refractivity contribution in [2.24, 2.45) is 0 Å². The molecule has 0 amide bonds. The topological polar surface area (TPSA) is 54.4 Å². The van der Waals surface area contributed by atoms with Crippen LogP contribution >= 0.6 is 0 Å². The standard InChI is InChI=1S/C17H36O3S/c1-3-5-7-9-10-12-14-16-17(21(18,19)20)15-13-11-8-6-4-2/h17H,3-16H2,1-2H3,(H,18,19,20). The Kier molecular flexibility index (Phi) is 13.5. The summed E-state index contributed by atoms with van der Waals surface area (Å²) in [5.74, 6) is 0. The Labute approximate surface area is 132 Å². The van der Waals surface area contributed by atoms with Crippen molar-refractivity contribution in [2.75, 3.05) is 0 Å². The lowest BCUT2D eigenvalue weighted by atomic mass is 10.0. The average Bonchev–Trinajstić information content (AvgIpc) is 2.42. The molecule has 1 N–H and O–H groups in total. The zero-order chi connectivity index (χ0) is 16.0. The van der Waals surface area contributed by atoms with Gasteiger partial charge in [0.15, 0.2) is 0 Å². The first-order valence-corrected chi connectivity index (χ1v) is 10.5. The maximum Gasteiger partial charge on any atom is 0.267 e. The molecule has 1 atom stereocenters. The Hall–Kier alpha value is -0.0900. The predicted molar refractivity (Wildman–Crippen MR) is 91.3 cm³/mol. The molecule has 0 aliphatic heterocycles. The van der Waals surface area contributed by atoms with Gasteiger partial charge in [0.05, 0.1) is 5.25 Å². The largest absolute Gasteiger partial charge is 0.285 e. The molecular weight excluding hydrogens is 284 g/mol. The molecule has 0 radical (unpaired) electrons. The predicted octanol–water partition coefficient (Wildman–Crippen LogP) is 5.74. The van der Waals surface area contributed by atoms with E-state index in [-0.39, 0.29) is 0 Å². The van der Waals surface area contributed by atoms with Gasteiger partial charge >= 0.3 is 0 Å². The van der Waals surface area contributed by atoms with E-state index in [1.807, 2.05) is 0 Å². The third-order valence-corrected chi connectivity index (χ3v) is 5.49. The molecule has 0 spiro atoms. The summed E-state index contributed by atoms with van der Waals surface area (Å²) in [4.78, 5) is 0. The maximum atomic E-state index is 11.4. The van der Waals surface area contributed by atoms with Gasteiger partial charge in [-0.05, 0) is 12.8 Å². The van der Waals surface area contributed by atoms with E-state index in [0.717, 1.165) is 25.7 Å². The van der Waals surface area contributed by atoms with Crippen molar-refractivity contribution in [3.63, 3.8) is 0 Å². The number of unbranched alkanes of at least 4 members (excludes halogenated alkanes) is 10. The lowest BCUT2D eigenvalue weighted by molar-refractivity contribution is 0.442. The molecule has 0 saturated carbocycles. The van der Waals surface area contributed by atoms with Gasteiger partial charge in [0.2, 0.25) is 0 Å². The molecule has 0 aliphatic rings. The van der Waals surface area contributed by atoms with Gasteiger partial charge in [-0.25, -0.2) is 0 Å². The van der Waals surface area contributed by atoms with Crippen LogP contribution in [0.25, 0.3) is 0 Å². The molecular formula is C17H36O3S. The highest BCUT2D eigenvalue weighted by Gasteiger charge is 2.21. The molecule has 0 rings (SSSR count). The van der Waals surface area contributed by atoms with Crippen LogP contribution in [0.3, 0.4) is 0 Å². The van der Waals surface area contributed by atoms with Crippen LogP contribution in [0.2, 0.25) is 0 Å². The van der Waals surface area contributed by atoms with Gasteiger partial charge in [0, 0.05) is 0 Å². The monoisotopic (exact) mass is 320 g/mol. The van der Waals surface area contributed by atoms with E-state index in [2.05, 4.69) is 13.8 Å². The third kappa shape index (κ3) is 13.3. The molecule has 0 fully saturated rings. The van der Waals surface area contributed by atoms with E-state index in [4.69, 9.17) is 0 Å². The van der Waals surface area contributed by atoms with Crippen LogP contribution in [0.5, 0.6) is 0 Å². The van der Waals surface area contributed by atoms with E-state index in [0.29, 0.717) is 12.8 Å². The fraction of sp³-hybridized carbons (Fsp3) is 1.00. The van der Waals surface area contributed by atoms with Crippen LogP contribution in [-0.2, 0) is 10.1 Å². The molecule has 0 aromatic carbocycles. The van der Waals surface area contributed by atoms with Gasteiger partial charge in [0.1, 0.15) is 0 Å². The van der Waals surface area contributed by atoms with Gasteiger partial charge in [0.25, 0.3) is 10.1 Å². The van der Waals surface area contributed by atoms with Gasteiger partial charge in [-0.2, -0.15) is 8.42 Å². The lowest BCUT2D eigenvalue weighted by Crippen LogP contribution is -2.20. The van der Waals surface area contributed by atoms with Crippen molar-refractivity contribution in [1.29, 1.82) is 0 Å². The Morgan fingerprint density at radius 3 is 1.33 bits per heavy atom. The first-order valence-electron chi connectivity index (χ1n) is 8.98. The first-order chi connectivity index (χ1) is 10.0. The fourth-order valence-corrected chi connectivity index (χ4v) is 3.68. The third-order valence-electron chi connectivity index (χ3n) is 4.18. The molecule has 0 aromatic heterocycles. The SMILES string of the molecule is CCCCCCCCCC(CCCCCCC)S(=O)(=O)O. The fourth-order valence-electron chi connectivity index (χ4n) is 2.75. The highest BCUT2D eigenvalue weighted by atomic mass is 32.2. The van der Waals surface area contributed by atoms with E-state index in [9.17, 15) is 13.0 Å². The van der Waals surface area contributed by atoms with E-state index >= 15 is 0 Å². The molecule has 0 saturated heterocycles. The first kappa shape index (κ1) is 20.9. The summed E-state index contributed by atoms with van der Waals surface area (Å²) < 4.78 is 32.1. The molecule has 4 heteroatoms. The summed E-state index contributed by atoms with van der Waals surface area (Å²) in [6.07, 6.45) is 15.1. The lowest BCUT2D eigenvalue weighted by Gasteiger charge is -2.13. The second-order valence-electron chi connectivity index (χ2n) is 6.25. The van der Waals surface area contributed by atoms with Crippen molar-refractivity contribution in [3.8, 4) is 0 Å². The van der Waals surface area contributed by atoms with Crippen molar-refractivity contribution >= 4 is 10.1 Å². The van der Waals surface area contributed by atoms with Crippen LogP contribution in [0, 0.1) is 0 Å². The van der Waals surface area contributed by atoms with Crippen molar-refractivity contribution in [1.82, 2.24) is 0 Å². The molecule has 128 valence electrons. The molecule has 21 heavy (non-hydrogen) atoms. The van der Waals surface area contributed by atoms with Crippen molar-refractivity contribution in [2.45, 2.75) is 109 Å². The quantitative estimate of drug-likeness (QED) is 0.309. The Balaban J connectivity index is 3.77. The van der Waals surface area contributed by atoms with Crippen LogP contribution in [0.4, 0.5) is 0 Å². The molecule has 0 aromatic rings. The minimum absolute atomic E-state index is 0.533. The Bertz CT molecular complexity index is 312. The highest BCUT2D eigenvalue weighted by molar-refractivity contribution is 7.86. The van der Waals surface area contributed by atoms with E-state index in [1.165, 1.54) is 51.4 Å². The van der Waals surface area contributed by atoms with Gasteiger partial charge in [-0.1, -0.05) is 90.9 Å². The molecule has 3 nitrogen and oxygen atoms in total. The second-order valence-corrected chi connectivity index (χ2v) is 7.95. The van der Waals surface area contributed by atoms with E-state index in [1.54, 1.807) is 0 Å². The van der Waals surface area contributed by atoms with Crippen LogP contribution in [-0.4, -0.2) is 18.2 Å². The Morgan fingerprint density at radius 2 is 1.00 bits per heavy atom. The summed E-state index contributed by atoms with van der Waals surface area (Å²) in [6, 6.07) is 0. The summed E-state index contributed by atoms with van der Waals surface area (Å²) in [5.41, 5.74) is 0. The number of hydrogen-bond donors (Lipinski definition) is 1. The summed E-state index contributed by atoms with van der Waals surface area (Å²) in [5, 5.41) is -0.533. The zero-order valence-corrected chi connectivity index (χ0v) is 15.0. The zero-order valence-electron chi connectivity index (χ0n) is 14.1. The van der Waals surface area contributed by atoms with Gasteiger partial charge in [-0.3, -0.25) is 4.55 Å². The molecule has 0 aliphatic carbocycles. The van der Waals surface area contributed by atoms with Crippen LogP contribution in [0.15, 0.2) is 0 Å². The van der Waals surface area contributed by atoms with Crippen molar-refractivity contribution in [3.05, 3.63) is 0 Å². The maximum absolute atomic E-state index is 11.4. The summed E-state index contributed by atoms with van der Waals surface area (Å²) in [6.45, 7) is 4.37. The smallest absolute Gasteiger partial charge is 0.267 e. The highest BCUT2D eigenvalue weighted by Crippen LogP contribution is 2.19.